The van der Waals surface area contributed by atoms with Crippen LogP contribution >= 0.6 is 22.7 Å². The van der Waals surface area contributed by atoms with Gasteiger partial charge in [0.15, 0.2) is 11.6 Å². The molecule has 4 heterocycles. The fourth-order valence-electron chi connectivity index (χ4n) is 7.07. The molecule has 0 saturated carbocycles. The summed E-state index contributed by atoms with van der Waals surface area (Å²) in [5, 5.41) is 4.76. The van der Waals surface area contributed by atoms with Crippen molar-refractivity contribution in [2.75, 3.05) is 11.9 Å². The van der Waals surface area contributed by atoms with Crippen LogP contribution < -0.4 is 20.1 Å². The molecule has 3 aromatic carbocycles. The minimum Gasteiger partial charge on any atom is -0.456 e. The Morgan fingerprint density at radius 3 is 2.31 bits per heavy atom. The van der Waals surface area contributed by atoms with Crippen LogP contribution in [0.3, 0.4) is 0 Å². The predicted octanol–water partition coefficient (Wildman–Crippen LogP) is 9.33. The first-order chi connectivity index (χ1) is 23.0. The Balaban J connectivity index is 1.66. The van der Waals surface area contributed by atoms with E-state index in [2.05, 4.69) is 52.2 Å². The number of thiophene rings is 2. The Morgan fingerprint density at radius 2 is 1.63 bits per heavy atom. The van der Waals surface area contributed by atoms with Crippen LogP contribution in [0.25, 0.3) is 33.0 Å². The molecule has 2 aromatic heterocycles. The zero-order chi connectivity index (χ0) is 35.4. The summed E-state index contributed by atoms with van der Waals surface area (Å²) in [5.41, 5.74) is 3.03. The smallest absolute Gasteiger partial charge is 0.298 e. The van der Waals surface area contributed by atoms with Crippen LogP contribution in [0.2, 0.25) is 0 Å². The molecular formula is C38H34F3NO4S3. The molecule has 5 nitrogen and oxygen atoms in total. The Kier molecular flexibility index (Phi) is 7.75. The molecule has 0 saturated heterocycles. The third kappa shape index (κ3) is 4.92. The maximum atomic E-state index is 16.2. The van der Waals surface area contributed by atoms with Gasteiger partial charge in [0.05, 0.1) is 5.54 Å². The lowest BCUT2D eigenvalue weighted by Gasteiger charge is -2.45. The molecule has 11 heteroatoms. The molecule has 254 valence electrons. The average Bonchev–Trinajstić information content (AvgIpc) is 3.74. The summed E-state index contributed by atoms with van der Waals surface area (Å²) in [7, 11) is -3.42. The van der Waals surface area contributed by atoms with Gasteiger partial charge in [-0.05, 0) is 88.2 Å². The molecule has 0 radical (unpaired) electrons. The van der Waals surface area contributed by atoms with Gasteiger partial charge in [-0.25, -0.2) is 13.2 Å². The SMILES string of the molecule is C=c1cc2c(cc1-c1sccc1C(C)(C)CC)=C(c1c(F)c(F)cc(F)c1S(=O)(=O)O)c1cc3c(cc1O2)N(C)C(C)(CC)c1ccsc1-3. The average molecular weight is 722 g/mol. The van der Waals surface area contributed by atoms with E-state index in [4.69, 9.17) is 4.74 Å². The molecule has 1 atom stereocenters. The number of hydrogen-bond donors (Lipinski definition) is 1. The molecule has 0 amide bonds. The van der Waals surface area contributed by atoms with Gasteiger partial charge >= 0.3 is 0 Å². The summed E-state index contributed by atoms with van der Waals surface area (Å²) >= 11 is 3.03. The van der Waals surface area contributed by atoms with Crippen molar-refractivity contribution in [3.63, 3.8) is 0 Å². The highest BCUT2D eigenvalue weighted by atomic mass is 32.2. The minimum absolute atomic E-state index is 0.124. The highest BCUT2D eigenvalue weighted by Crippen LogP contribution is 2.54. The van der Waals surface area contributed by atoms with Gasteiger partial charge in [-0.15, -0.1) is 22.7 Å². The van der Waals surface area contributed by atoms with Crippen LogP contribution in [0.5, 0.6) is 11.5 Å². The molecule has 0 fully saturated rings. The Hall–Kier alpha value is -3.90. The van der Waals surface area contributed by atoms with E-state index in [0.717, 1.165) is 45.0 Å². The Morgan fingerprint density at radius 1 is 0.939 bits per heavy atom. The molecule has 2 aliphatic rings. The monoisotopic (exact) mass is 721 g/mol. The van der Waals surface area contributed by atoms with E-state index in [9.17, 15) is 13.0 Å². The highest BCUT2D eigenvalue weighted by Gasteiger charge is 2.41. The summed E-state index contributed by atoms with van der Waals surface area (Å²) in [6, 6.07) is 11.2. The maximum Gasteiger partial charge on any atom is 0.298 e. The van der Waals surface area contributed by atoms with Gasteiger partial charge < -0.3 is 9.64 Å². The van der Waals surface area contributed by atoms with Crippen molar-refractivity contribution in [1.29, 1.82) is 0 Å². The van der Waals surface area contributed by atoms with Gasteiger partial charge in [-0.2, -0.15) is 8.42 Å². The number of rotatable bonds is 6. The van der Waals surface area contributed by atoms with Gasteiger partial charge in [0.2, 0.25) is 0 Å². The van der Waals surface area contributed by atoms with Gasteiger partial charge in [0, 0.05) is 62.1 Å². The number of ether oxygens (including phenoxy) is 1. The fraction of sp³-hybridized carbons (Fsp3) is 0.263. The molecule has 2 aliphatic heterocycles. The van der Waals surface area contributed by atoms with Gasteiger partial charge in [0.25, 0.3) is 10.1 Å². The van der Waals surface area contributed by atoms with Gasteiger partial charge in [0.1, 0.15) is 22.2 Å². The zero-order valence-electron chi connectivity index (χ0n) is 27.8. The van der Waals surface area contributed by atoms with Crippen molar-refractivity contribution in [2.45, 2.75) is 63.3 Å². The third-order valence-corrected chi connectivity index (χ3v) is 13.3. The molecule has 5 aromatic rings. The fourth-order valence-corrected chi connectivity index (χ4v) is 9.99. The number of benzene rings is 3. The molecule has 1 N–H and O–H groups in total. The maximum absolute atomic E-state index is 16.2. The number of halogens is 3. The second kappa shape index (κ2) is 11.3. The van der Waals surface area contributed by atoms with Crippen LogP contribution in [0.15, 0.2) is 58.1 Å². The minimum atomic E-state index is -5.39. The van der Waals surface area contributed by atoms with Crippen molar-refractivity contribution >= 4 is 50.6 Å². The zero-order valence-corrected chi connectivity index (χ0v) is 30.2. The van der Waals surface area contributed by atoms with Gasteiger partial charge in [-0.1, -0.05) is 34.3 Å². The van der Waals surface area contributed by atoms with Crippen molar-refractivity contribution in [1.82, 2.24) is 0 Å². The third-order valence-electron chi connectivity index (χ3n) is 10.5. The van der Waals surface area contributed by atoms with Crippen molar-refractivity contribution in [2.24, 2.45) is 0 Å². The summed E-state index contributed by atoms with van der Waals surface area (Å²) in [4.78, 5) is 2.66. The molecule has 0 bridgehead atoms. The predicted molar refractivity (Wildman–Crippen MR) is 191 cm³/mol. The van der Waals surface area contributed by atoms with Crippen LogP contribution in [-0.4, -0.2) is 20.0 Å². The van der Waals surface area contributed by atoms with Crippen molar-refractivity contribution < 1.29 is 30.9 Å². The molecule has 49 heavy (non-hydrogen) atoms. The summed E-state index contributed by atoms with van der Waals surface area (Å²) in [5.74, 6) is -4.40. The van der Waals surface area contributed by atoms with E-state index in [1.165, 1.54) is 22.7 Å². The lowest BCUT2D eigenvalue weighted by atomic mass is 9.80. The van der Waals surface area contributed by atoms with Crippen molar-refractivity contribution in [3.8, 4) is 32.4 Å². The topological polar surface area (TPSA) is 66.8 Å². The number of hydrogen-bond acceptors (Lipinski definition) is 6. The normalized spacial score (nSPS) is 16.9. The first-order valence-electron chi connectivity index (χ1n) is 15.8. The lowest BCUT2D eigenvalue weighted by molar-refractivity contribution is 0.441. The van der Waals surface area contributed by atoms with Crippen LogP contribution in [0, 0.1) is 17.5 Å². The summed E-state index contributed by atoms with van der Waals surface area (Å²) < 4.78 is 89.2. The second-order valence-corrected chi connectivity index (χ2v) is 16.6. The number of fused-ring (bicyclic) bond motifs is 5. The van der Waals surface area contributed by atoms with E-state index in [1.807, 2.05) is 23.9 Å². The lowest BCUT2D eigenvalue weighted by Crippen LogP contribution is -2.43. The van der Waals surface area contributed by atoms with Crippen LogP contribution in [0.4, 0.5) is 18.9 Å². The molecule has 7 rings (SSSR count). The summed E-state index contributed by atoms with van der Waals surface area (Å²) in [6.45, 7) is 14.9. The van der Waals surface area contributed by atoms with E-state index >= 15 is 13.2 Å². The van der Waals surface area contributed by atoms with E-state index in [1.54, 1.807) is 24.3 Å². The highest BCUT2D eigenvalue weighted by molar-refractivity contribution is 7.86. The van der Waals surface area contributed by atoms with Crippen molar-refractivity contribution in [3.05, 3.63) is 103 Å². The van der Waals surface area contributed by atoms with E-state index in [-0.39, 0.29) is 44.9 Å². The Labute approximate surface area is 291 Å². The molecule has 1 unspecified atom stereocenters. The quantitative estimate of drug-likeness (QED) is 0.137. The molecular weight excluding hydrogens is 688 g/mol. The van der Waals surface area contributed by atoms with Crippen LogP contribution in [0.1, 0.15) is 69.7 Å². The van der Waals surface area contributed by atoms with Crippen LogP contribution in [-0.2, 0) is 21.1 Å². The number of anilines is 1. The summed E-state index contributed by atoms with van der Waals surface area (Å²) in [6.07, 6.45) is 1.64. The molecule has 0 aliphatic carbocycles. The number of nitrogens with zero attached hydrogens (tertiary/aromatic N) is 1. The Bertz CT molecular complexity index is 2450. The standard InChI is InChI=1S/C38H34F3NO4S3/c1-8-37(4,5)24-10-12-47-34(24)20-15-22-29(14-19(20)3)46-30-18-28-21(35-25(11-13-48-35)38(6,9-2)42(28)7)16-23(30)31(22)32-33(41)26(39)17-27(40)36(32)49(43,44)45/h10-18H,3,8-9H2,1-2,4-7H3,(H,43,44,45). The largest absolute Gasteiger partial charge is 0.456 e. The molecule has 0 spiro atoms. The first kappa shape index (κ1) is 33.6. The second-order valence-electron chi connectivity index (χ2n) is 13.4. The van der Waals surface area contributed by atoms with E-state index in [0.29, 0.717) is 10.8 Å². The van der Waals surface area contributed by atoms with E-state index < -0.39 is 38.0 Å². The van der Waals surface area contributed by atoms with Gasteiger partial charge in [-0.3, -0.25) is 4.55 Å². The first-order valence-corrected chi connectivity index (χ1v) is 19.0.